The number of unbranched alkanes of at least 4 members (excludes halogenated alkanes) is 11. The zero-order valence-corrected chi connectivity index (χ0v) is 36.1. The maximum Gasteiger partial charge on any atom is 0.268 e. The van der Waals surface area contributed by atoms with E-state index in [4.69, 9.17) is 9.05 Å². The van der Waals surface area contributed by atoms with Crippen LogP contribution in [0.1, 0.15) is 136 Å². The highest BCUT2D eigenvalue weighted by atomic mass is 31.2. The first-order valence-electron chi connectivity index (χ1n) is 21.1. The molecule has 0 bridgehead atoms. The lowest BCUT2D eigenvalue weighted by Crippen LogP contribution is -2.45. The van der Waals surface area contributed by atoms with Gasteiger partial charge in [0.05, 0.1) is 46.0 Å². The van der Waals surface area contributed by atoms with Crippen LogP contribution in [-0.4, -0.2) is 79.8 Å². The van der Waals surface area contributed by atoms with Gasteiger partial charge in [-0.1, -0.05) is 163 Å². The number of hydrogen-bond acceptors (Lipinski definition) is 7. The fraction of sp³-hybridized carbons (Fsp3) is 0.667. The second-order valence-electron chi connectivity index (χ2n) is 15.2. The Morgan fingerprint density at radius 1 is 0.709 bits per heavy atom. The molecule has 0 saturated heterocycles. The van der Waals surface area contributed by atoms with Gasteiger partial charge in [0, 0.05) is 6.42 Å². The molecule has 1 amide bonds. The predicted molar refractivity (Wildman–Crippen MR) is 229 cm³/mol. The molecule has 0 spiro atoms. The van der Waals surface area contributed by atoms with Crippen LogP contribution >= 0.6 is 7.82 Å². The highest BCUT2D eigenvalue weighted by Gasteiger charge is 2.23. The smallest absolute Gasteiger partial charge is 0.268 e. The molecule has 0 aromatic rings. The first kappa shape index (κ1) is 52.6. The van der Waals surface area contributed by atoms with E-state index in [0.29, 0.717) is 23.9 Å². The fourth-order valence-electron chi connectivity index (χ4n) is 5.32. The molecule has 2 unspecified atom stereocenters. The molecule has 10 heteroatoms. The summed E-state index contributed by atoms with van der Waals surface area (Å²) in [5.41, 5.74) is 0. The largest absolute Gasteiger partial charge is 0.756 e. The van der Waals surface area contributed by atoms with Gasteiger partial charge in [-0.25, -0.2) is 0 Å². The summed E-state index contributed by atoms with van der Waals surface area (Å²) in [6.45, 7) is 4.34. The van der Waals surface area contributed by atoms with Crippen molar-refractivity contribution in [3.63, 3.8) is 0 Å². The Morgan fingerprint density at radius 3 is 1.89 bits per heavy atom. The quantitative estimate of drug-likeness (QED) is 0.0190. The molecule has 0 radical (unpaired) electrons. The van der Waals surface area contributed by atoms with Crippen molar-refractivity contribution < 1.29 is 38.0 Å². The number of aliphatic hydroxyl groups excluding tert-OH is 2. The number of phosphoric acid groups is 1. The average Bonchev–Trinajstić information content (AvgIpc) is 3.13. The van der Waals surface area contributed by atoms with Crippen LogP contribution in [0.2, 0.25) is 0 Å². The molecular weight excluding hydrogens is 711 g/mol. The lowest BCUT2D eigenvalue weighted by molar-refractivity contribution is -0.870. The van der Waals surface area contributed by atoms with Gasteiger partial charge < -0.3 is 34.0 Å². The van der Waals surface area contributed by atoms with Gasteiger partial charge in [0.15, 0.2) is 0 Å². The maximum atomic E-state index is 12.8. The van der Waals surface area contributed by atoms with E-state index in [2.05, 4.69) is 49.5 Å². The highest BCUT2D eigenvalue weighted by molar-refractivity contribution is 7.45. The third-order valence-corrected chi connectivity index (χ3v) is 9.67. The van der Waals surface area contributed by atoms with E-state index in [1.54, 1.807) is 12.2 Å². The average molecular weight is 791 g/mol. The van der Waals surface area contributed by atoms with Gasteiger partial charge in [-0.2, -0.15) is 0 Å². The second kappa shape index (κ2) is 36.0. The Labute approximate surface area is 336 Å². The molecule has 0 aromatic heterocycles. The van der Waals surface area contributed by atoms with Crippen LogP contribution in [-0.2, 0) is 18.4 Å². The van der Waals surface area contributed by atoms with Crippen molar-refractivity contribution in [3.8, 4) is 0 Å². The van der Waals surface area contributed by atoms with Gasteiger partial charge >= 0.3 is 0 Å². The van der Waals surface area contributed by atoms with Crippen molar-refractivity contribution in [1.82, 2.24) is 5.32 Å². The lowest BCUT2D eigenvalue weighted by Gasteiger charge is -2.29. The lowest BCUT2D eigenvalue weighted by atomic mass is 10.0. The van der Waals surface area contributed by atoms with Crippen LogP contribution in [0, 0.1) is 0 Å². The van der Waals surface area contributed by atoms with E-state index >= 15 is 0 Å². The van der Waals surface area contributed by atoms with Crippen molar-refractivity contribution in [3.05, 3.63) is 85.1 Å². The number of hydrogen-bond donors (Lipinski definition) is 3. The Bertz CT molecular complexity index is 1190. The molecule has 0 fully saturated rings. The minimum absolute atomic E-state index is 0.0262. The topological polar surface area (TPSA) is 128 Å². The van der Waals surface area contributed by atoms with Crippen LogP contribution in [0.4, 0.5) is 0 Å². The highest BCUT2D eigenvalue weighted by Crippen LogP contribution is 2.38. The van der Waals surface area contributed by atoms with E-state index in [-0.39, 0.29) is 18.9 Å². The van der Waals surface area contributed by atoms with Crippen LogP contribution < -0.4 is 10.2 Å². The minimum Gasteiger partial charge on any atom is -0.756 e. The molecule has 0 aromatic carbocycles. The number of rotatable bonds is 36. The molecule has 0 aliphatic rings. The molecule has 0 aliphatic carbocycles. The zero-order chi connectivity index (χ0) is 40.9. The number of quaternary nitrogens is 1. The van der Waals surface area contributed by atoms with Crippen molar-refractivity contribution in [2.75, 3.05) is 40.9 Å². The Morgan fingerprint density at radius 2 is 1.29 bits per heavy atom. The number of carbonyl (C=O) groups is 1. The molecule has 0 rings (SSSR count). The van der Waals surface area contributed by atoms with Gasteiger partial charge in [0.1, 0.15) is 13.2 Å². The number of likely N-dealkylation sites (N-methyl/N-ethyl adjacent to an activating group) is 1. The van der Waals surface area contributed by atoms with Crippen molar-refractivity contribution in [2.24, 2.45) is 0 Å². The summed E-state index contributed by atoms with van der Waals surface area (Å²) in [4.78, 5) is 25.2. The first-order chi connectivity index (χ1) is 26.4. The van der Waals surface area contributed by atoms with Crippen molar-refractivity contribution >= 4 is 13.7 Å². The summed E-state index contributed by atoms with van der Waals surface area (Å²) < 4.78 is 23.1. The molecule has 3 N–H and O–H groups in total. The van der Waals surface area contributed by atoms with Gasteiger partial charge in [-0.3, -0.25) is 9.36 Å². The summed E-state index contributed by atoms with van der Waals surface area (Å²) in [5, 5.41) is 23.5. The number of carbonyl (C=O) groups excluding carboxylic acids is 1. The Kier molecular flexibility index (Phi) is 34.5. The molecular formula is C45H79N2O7P. The monoisotopic (exact) mass is 791 g/mol. The molecule has 55 heavy (non-hydrogen) atoms. The molecule has 0 saturated carbocycles. The number of allylic oxidation sites excluding steroid dienone is 11. The maximum absolute atomic E-state index is 12.8. The normalized spacial score (nSPS) is 15.9. The van der Waals surface area contributed by atoms with Crippen molar-refractivity contribution in [1.29, 1.82) is 0 Å². The summed E-state index contributed by atoms with van der Waals surface area (Å²) in [6.07, 6.45) is 45.4. The number of nitrogens with zero attached hydrogens (tertiary/aromatic N) is 1. The third kappa shape index (κ3) is 38.3. The van der Waals surface area contributed by atoms with E-state index in [9.17, 15) is 24.5 Å². The molecule has 0 heterocycles. The molecule has 9 nitrogen and oxygen atoms in total. The second-order valence-corrected chi connectivity index (χ2v) is 16.6. The third-order valence-electron chi connectivity index (χ3n) is 8.70. The standard InChI is InChI=1S/C45H79N2O7P/c1-6-8-10-11-12-13-14-16-20-23-26-29-33-37-44(49)43(41-54-55(51,52)53-40-39-47(3,4)5)46-45(50)38-34-30-27-24-21-18-15-17-19-22-25-28-32-36-42(48)35-31-9-7-2/h9,17-19,21,25,27-28,30-33,36-37,42-44,48-49H,6-8,10-16,20,22-24,26,29,34-35,38-41H2,1-5H3,(H-,46,50,51,52)/b19-17-,21-18-,28-25+,30-27-,31-9-,36-32+,37-33+/t42?,43-,44+/m0/s1. The zero-order valence-electron chi connectivity index (χ0n) is 35.2. The molecule has 0 aliphatic heterocycles. The van der Waals surface area contributed by atoms with Crippen LogP contribution in [0.15, 0.2) is 85.1 Å². The number of aliphatic hydroxyl groups is 2. The summed E-state index contributed by atoms with van der Waals surface area (Å²) in [7, 11) is 1.17. The van der Waals surface area contributed by atoms with Gasteiger partial charge in [-0.15, -0.1) is 0 Å². The Hall–Kier alpha value is -2.36. The summed E-state index contributed by atoms with van der Waals surface area (Å²) >= 11 is 0. The SMILES string of the molecule is CC/C=C\CC(O)/C=C/C=C/C/C=C\C/C=C\C/C=C\CCC(=O)N[C@@H](COP(=O)([O-])OCC[N+](C)(C)C)[C@H](O)/C=C/CCCCCCCCCCCCC. The number of phosphoric ester groups is 1. The van der Waals surface area contributed by atoms with Gasteiger partial charge in [-0.05, 0) is 51.4 Å². The predicted octanol–water partition coefficient (Wildman–Crippen LogP) is 9.75. The van der Waals surface area contributed by atoms with Crippen molar-refractivity contribution in [2.45, 2.75) is 154 Å². The van der Waals surface area contributed by atoms with E-state index in [1.165, 1.54) is 57.8 Å². The summed E-state index contributed by atoms with van der Waals surface area (Å²) in [5.74, 6) is -0.298. The van der Waals surface area contributed by atoms with E-state index < -0.39 is 32.7 Å². The van der Waals surface area contributed by atoms with Gasteiger partial charge in [0.25, 0.3) is 7.82 Å². The molecule has 4 atom stereocenters. The van der Waals surface area contributed by atoms with Gasteiger partial charge in [0.2, 0.25) is 5.91 Å². The number of nitrogens with one attached hydrogen (secondary N) is 1. The van der Waals surface area contributed by atoms with E-state index in [0.717, 1.165) is 44.9 Å². The summed E-state index contributed by atoms with van der Waals surface area (Å²) in [6, 6.07) is -0.942. The van der Waals surface area contributed by atoms with Crippen LogP contribution in [0.3, 0.4) is 0 Å². The van der Waals surface area contributed by atoms with Crippen LogP contribution in [0.5, 0.6) is 0 Å². The number of amides is 1. The van der Waals surface area contributed by atoms with E-state index in [1.807, 2.05) is 63.7 Å². The minimum atomic E-state index is -4.62. The molecule has 316 valence electrons. The Balaban J connectivity index is 4.66. The fourth-order valence-corrected chi connectivity index (χ4v) is 6.04. The van der Waals surface area contributed by atoms with Crippen LogP contribution in [0.25, 0.3) is 0 Å². The first-order valence-corrected chi connectivity index (χ1v) is 22.5.